The molecule has 0 N–H and O–H groups in total. The summed E-state index contributed by atoms with van der Waals surface area (Å²) in [7, 11) is 0. The Balaban J connectivity index is 1.25. The van der Waals surface area contributed by atoms with Gasteiger partial charge in [0.05, 0.1) is 22.4 Å². The van der Waals surface area contributed by atoms with Crippen LogP contribution >= 0.6 is 0 Å². The summed E-state index contributed by atoms with van der Waals surface area (Å²) >= 11 is 0. The Bertz CT molecular complexity index is 2680. The van der Waals surface area contributed by atoms with Crippen LogP contribution in [-0.2, 0) is 20.4 Å². The molecule has 10 rings (SSSR count). The Kier molecular flexibility index (Phi) is 7.42. The maximum absolute atomic E-state index is 13.0. The molecule has 2 heterocycles. The highest BCUT2D eigenvalue weighted by atomic mass is 16.1. The number of ketones is 2. The van der Waals surface area contributed by atoms with Gasteiger partial charge in [-0.25, -0.2) is 9.97 Å². The van der Waals surface area contributed by atoms with Crippen molar-refractivity contribution in [1.82, 2.24) is 9.97 Å². The highest BCUT2D eigenvalue weighted by Gasteiger charge is 2.50. The normalized spacial score (nSPS) is 18.2. The number of carbonyl (C=O) groups excluding carboxylic acids is 2. The van der Waals surface area contributed by atoms with E-state index >= 15 is 0 Å². The molecular weight excluding hydrogens is 661 g/mol. The topological polar surface area (TPSA) is 59.9 Å². The highest BCUT2D eigenvalue weighted by molar-refractivity contribution is 6.04. The fraction of sp³-hybridized carbons (Fsp3) is 0.200. The number of hydrogen-bond donors (Lipinski definition) is 0. The Morgan fingerprint density at radius 2 is 0.833 bits per heavy atom. The summed E-state index contributed by atoms with van der Waals surface area (Å²) in [6, 6.07) is 47.8. The van der Waals surface area contributed by atoms with Crippen molar-refractivity contribution in [3.63, 3.8) is 0 Å². The molecule has 8 aromatic rings. The second-order valence-electron chi connectivity index (χ2n) is 15.6. The summed E-state index contributed by atoms with van der Waals surface area (Å²) in [5.41, 5.74) is 10.3. The van der Waals surface area contributed by atoms with Crippen molar-refractivity contribution in [3.05, 3.63) is 156 Å². The van der Waals surface area contributed by atoms with Crippen LogP contribution < -0.4 is 0 Å². The van der Waals surface area contributed by atoms with Crippen molar-refractivity contribution < 1.29 is 9.59 Å². The predicted octanol–water partition coefficient (Wildman–Crippen LogP) is 11.8. The molecule has 0 amide bonds. The number of para-hydroxylation sites is 2. The Morgan fingerprint density at radius 1 is 0.444 bits per heavy atom. The second kappa shape index (κ2) is 12.3. The van der Waals surface area contributed by atoms with Crippen molar-refractivity contribution >= 4 is 54.9 Å². The lowest BCUT2D eigenvalue weighted by atomic mass is 9.64. The number of rotatable bonds is 9. The SMILES string of the molecule is CC(=O)CCC1(CCC2(CCC(C)=O)c3cc4ccccc4nc3-c3c2ccc2ccccc32)c2cc3ccccc3nc2-c2c1ccc1ccccc21. The van der Waals surface area contributed by atoms with Gasteiger partial charge in [0, 0.05) is 45.6 Å². The Morgan fingerprint density at radius 3 is 1.26 bits per heavy atom. The summed E-state index contributed by atoms with van der Waals surface area (Å²) in [5.74, 6) is 0.368. The standard InChI is InChI=1S/C50H40N2O2/c1-31(53)23-25-49(39-21-19-33-11-3-7-15-37(33)45(39)47-41(49)29-35-13-5-9-17-43(35)51-47)27-28-50(26-24-32(2)54)40-22-20-34-12-4-8-16-38(34)46(40)48-42(50)30-36-14-6-10-18-44(36)52-48/h3-22,29-30H,23-28H2,1-2H3. The van der Waals surface area contributed by atoms with E-state index in [2.05, 4.69) is 133 Å². The van der Waals surface area contributed by atoms with Crippen molar-refractivity contribution in [2.24, 2.45) is 0 Å². The maximum Gasteiger partial charge on any atom is 0.129 e. The van der Waals surface area contributed by atoms with Crippen LogP contribution in [0.4, 0.5) is 0 Å². The lowest BCUT2D eigenvalue weighted by molar-refractivity contribution is -0.118. The van der Waals surface area contributed by atoms with Crippen LogP contribution in [-0.4, -0.2) is 21.5 Å². The van der Waals surface area contributed by atoms with Crippen molar-refractivity contribution in [3.8, 4) is 22.5 Å². The van der Waals surface area contributed by atoms with Crippen LogP contribution in [0.3, 0.4) is 0 Å². The van der Waals surface area contributed by atoms with E-state index in [0.29, 0.717) is 25.7 Å². The van der Waals surface area contributed by atoms with E-state index in [1.807, 2.05) is 0 Å². The summed E-state index contributed by atoms with van der Waals surface area (Å²) < 4.78 is 0. The van der Waals surface area contributed by atoms with Gasteiger partial charge in [0.15, 0.2) is 0 Å². The first-order valence-corrected chi connectivity index (χ1v) is 19.2. The fourth-order valence-corrected chi connectivity index (χ4v) is 10.0. The molecule has 4 nitrogen and oxygen atoms in total. The molecule has 54 heavy (non-hydrogen) atoms. The zero-order chi connectivity index (χ0) is 36.6. The van der Waals surface area contributed by atoms with Crippen LogP contribution in [0.1, 0.15) is 74.6 Å². The van der Waals surface area contributed by atoms with Gasteiger partial charge in [-0.1, -0.05) is 109 Å². The first-order valence-electron chi connectivity index (χ1n) is 19.2. The van der Waals surface area contributed by atoms with Crippen LogP contribution in [0.15, 0.2) is 133 Å². The molecule has 262 valence electrons. The quantitative estimate of drug-likeness (QED) is 0.150. The number of pyridine rings is 2. The largest absolute Gasteiger partial charge is 0.300 e. The molecule has 2 atom stereocenters. The molecule has 2 aliphatic carbocycles. The average Bonchev–Trinajstić information content (AvgIpc) is 3.63. The van der Waals surface area contributed by atoms with E-state index in [-0.39, 0.29) is 11.6 Å². The number of aromatic nitrogens is 2. The van der Waals surface area contributed by atoms with Crippen LogP contribution in [0, 0.1) is 0 Å². The van der Waals surface area contributed by atoms with E-state index in [0.717, 1.165) is 46.0 Å². The van der Waals surface area contributed by atoms with Gasteiger partial charge in [0.2, 0.25) is 0 Å². The summed E-state index contributed by atoms with van der Waals surface area (Å²) in [5, 5.41) is 6.94. The molecule has 0 aliphatic heterocycles. The number of carbonyl (C=O) groups is 2. The van der Waals surface area contributed by atoms with E-state index in [9.17, 15) is 9.59 Å². The van der Waals surface area contributed by atoms with Crippen molar-refractivity contribution in [2.45, 2.75) is 63.2 Å². The maximum atomic E-state index is 13.0. The Labute approximate surface area is 314 Å². The monoisotopic (exact) mass is 700 g/mol. The van der Waals surface area contributed by atoms with Gasteiger partial charge in [-0.05, 0) is 108 Å². The second-order valence-corrected chi connectivity index (χ2v) is 15.6. The first kappa shape index (κ1) is 32.6. The lowest BCUT2D eigenvalue weighted by Gasteiger charge is -2.38. The van der Waals surface area contributed by atoms with E-state index in [1.54, 1.807) is 13.8 Å². The molecule has 6 aromatic carbocycles. The Hall–Kier alpha value is -6.00. The zero-order valence-electron chi connectivity index (χ0n) is 30.7. The molecule has 0 radical (unpaired) electrons. The predicted molar refractivity (Wildman–Crippen MR) is 220 cm³/mol. The molecule has 0 fully saturated rings. The number of Topliss-reactive ketones (excluding diaryl/α,β-unsaturated/α-hetero) is 2. The highest BCUT2D eigenvalue weighted by Crippen LogP contribution is 2.60. The average molecular weight is 701 g/mol. The van der Waals surface area contributed by atoms with E-state index in [4.69, 9.17) is 9.97 Å². The van der Waals surface area contributed by atoms with Gasteiger partial charge in [0.1, 0.15) is 11.6 Å². The fourth-order valence-electron chi connectivity index (χ4n) is 10.0. The van der Waals surface area contributed by atoms with Crippen molar-refractivity contribution in [1.29, 1.82) is 0 Å². The number of nitrogens with zero attached hydrogens (tertiary/aromatic N) is 2. The van der Waals surface area contributed by atoms with Crippen LogP contribution in [0.25, 0.3) is 65.9 Å². The summed E-state index contributed by atoms with van der Waals surface area (Å²) in [4.78, 5) is 36.9. The van der Waals surface area contributed by atoms with Gasteiger partial charge in [0.25, 0.3) is 0 Å². The zero-order valence-corrected chi connectivity index (χ0v) is 30.7. The van der Waals surface area contributed by atoms with Crippen molar-refractivity contribution in [2.75, 3.05) is 0 Å². The molecule has 0 bridgehead atoms. The minimum absolute atomic E-state index is 0.184. The number of fused-ring (bicyclic) bond motifs is 12. The third-order valence-corrected chi connectivity index (χ3v) is 12.6. The van der Waals surface area contributed by atoms with Gasteiger partial charge in [-0.3, -0.25) is 0 Å². The molecule has 0 saturated carbocycles. The number of benzene rings is 6. The van der Waals surface area contributed by atoms with Gasteiger partial charge in [-0.2, -0.15) is 0 Å². The van der Waals surface area contributed by atoms with Gasteiger partial charge < -0.3 is 9.59 Å². The smallest absolute Gasteiger partial charge is 0.129 e. The molecule has 0 spiro atoms. The summed E-state index contributed by atoms with van der Waals surface area (Å²) in [6.07, 6.45) is 3.82. The molecule has 2 aromatic heterocycles. The van der Waals surface area contributed by atoms with E-state index in [1.165, 1.54) is 54.9 Å². The molecular formula is C50H40N2O2. The molecule has 2 unspecified atom stereocenters. The van der Waals surface area contributed by atoms with Gasteiger partial charge in [-0.15, -0.1) is 0 Å². The molecule has 4 heteroatoms. The minimum Gasteiger partial charge on any atom is -0.300 e. The number of hydrogen-bond acceptors (Lipinski definition) is 4. The van der Waals surface area contributed by atoms with Crippen LogP contribution in [0.5, 0.6) is 0 Å². The van der Waals surface area contributed by atoms with Gasteiger partial charge >= 0.3 is 0 Å². The first-order chi connectivity index (χ1) is 26.4. The van der Waals surface area contributed by atoms with Crippen LogP contribution in [0.2, 0.25) is 0 Å². The van der Waals surface area contributed by atoms with E-state index < -0.39 is 10.8 Å². The third kappa shape index (κ3) is 4.82. The summed E-state index contributed by atoms with van der Waals surface area (Å²) in [6.45, 7) is 3.42. The lowest BCUT2D eigenvalue weighted by Crippen LogP contribution is -2.33. The third-order valence-electron chi connectivity index (χ3n) is 12.6. The molecule has 0 saturated heterocycles. The molecule has 2 aliphatic rings. The minimum atomic E-state index is -0.481.